The average molecular weight is 1050 g/mol. The van der Waals surface area contributed by atoms with Crippen LogP contribution in [0.5, 0.6) is 0 Å². The van der Waals surface area contributed by atoms with Crippen molar-refractivity contribution in [3.05, 3.63) is 303 Å². The maximum atomic E-state index is 5.58. The van der Waals surface area contributed by atoms with Gasteiger partial charge in [-0.25, -0.2) is 29.9 Å². The Hall–Kier alpha value is -11.1. The number of aromatic nitrogens is 6. The van der Waals surface area contributed by atoms with Crippen molar-refractivity contribution in [3.63, 3.8) is 0 Å². The minimum Gasteiger partial charge on any atom is -0.228 e. The summed E-state index contributed by atoms with van der Waals surface area (Å²) in [6, 6.07) is 105. The van der Waals surface area contributed by atoms with Crippen molar-refractivity contribution in [2.24, 2.45) is 0 Å². The van der Waals surface area contributed by atoms with Crippen LogP contribution >= 0.6 is 0 Å². The van der Waals surface area contributed by atoms with E-state index in [1.54, 1.807) is 0 Å². The lowest BCUT2D eigenvalue weighted by molar-refractivity contribution is 1.18. The first kappa shape index (κ1) is 49.2. The van der Waals surface area contributed by atoms with Gasteiger partial charge in [-0.15, -0.1) is 0 Å². The first-order chi connectivity index (χ1) is 40.6. The molecule has 0 aliphatic carbocycles. The second kappa shape index (κ2) is 22.0. The van der Waals surface area contributed by atoms with Crippen LogP contribution in [0.25, 0.3) is 146 Å². The van der Waals surface area contributed by atoms with Crippen molar-refractivity contribution in [1.29, 1.82) is 0 Å². The van der Waals surface area contributed by atoms with Crippen LogP contribution in [0.4, 0.5) is 0 Å². The highest BCUT2D eigenvalue weighted by Crippen LogP contribution is 2.41. The molecule has 11 aromatic carbocycles. The first-order valence-electron chi connectivity index (χ1n) is 27.5. The van der Waals surface area contributed by atoms with Gasteiger partial charge in [0, 0.05) is 55.5 Å². The van der Waals surface area contributed by atoms with Crippen molar-refractivity contribution >= 4 is 10.9 Å². The van der Waals surface area contributed by atoms with E-state index in [0.717, 1.165) is 123 Å². The Labute approximate surface area is 476 Å². The number of hydrogen-bond donors (Lipinski definition) is 0. The third kappa shape index (κ3) is 10.2. The Morgan fingerprint density at radius 2 is 0.439 bits per heavy atom. The number of hydrogen-bond acceptors (Lipinski definition) is 6. The molecular formula is C76H50N6. The minimum atomic E-state index is 0.605. The zero-order chi connectivity index (χ0) is 54.6. The summed E-state index contributed by atoms with van der Waals surface area (Å²) in [5, 5.41) is 0.933. The molecule has 0 aliphatic rings. The minimum absolute atomic E-state index is 0.605. The second-order valence-corrected chi connectivity index (χ2v) is 20.2. The molecule has 3 aromatic heterocycles. The predicted molar refractivity (Wildman–Crippen MR) is 336 cm³/mol. The van der Waals surface area contributed by atoms with E-state index in [0.29, 0.717) is 17.5 Å². The zero-order valence-corrected chi connectivity index (χ0v) is 44.6. The van der Waals surface area contributed by atoms with Crippen LogP contribution in [-0.4, -0.2) is 29.9 Å². The van der Waals surface area contributed by atoms with Gasteiger partial charge < -0.3 is 0 Å². The molecule has 0 fully saturated rings. The van der Waals surface area contributed by atoms with Gasteiger partial charge in [0.15, 0.2) is 17.5 Å². The summed E-state index contributed by atoms with van der Waals surface area (Å²) in [5.74, 6) is 1.94. The summed E-state index contributed by atoms with van der Waals surface area (Å²) in [6.07, 6.45) is 0. The highest BCUT2D eigenvalue weighted by Gasteiger charge is 2.20. The third-order valence-electron chi connectivity index (χ3n) is 15.0. The lowest BCUT2D eigenvalue weighted by Gasteiger charge is -2.16. The van der Waals surface area contributed by atoms with Gasteiger partial charge >= 0.3 is 0 Å². The van der Waals surface area contributed by atoms with Crippen LogP contribution in [0.1, 0.15) is 0 Å². The lowest BCUT2D eigenvalue weighted by atomic mass is 9.92. The topological polar surface area (TPSA) is 77.3 Å². The Balaban J connectivity index is 0.938. The SMILES string of the molecule is c1ccc(-c2ccc(-c3cc(-c4ccc(-c5ccccc5)cc4)c4nc(-c5ccc(-c6cc(-c7ccccc7)nc(-c7ccccc7)n6)cc5)nc(-c5ccc(-c6cc(-c7ccccc7)nc(-c7ccccc7)n6)cc5)c4c3)cc2)cc1. The Morgan fingerprint density at radius 3 is 0.841 bits per heavy atom. The highest BCUT2D eigenvalue weighted by molar-refractivity contribution is 6.05. The van der Waals surface area contributed by atoms with E-state index in [9.17, 15) is 0 Å². The standard InChI is InChI=1S/C76H50N6/c1-7-19-51(20-8-1)53-31-33-55(34-32-53)65-47-66(56-37-35-54(36-38-56)52-21-9-2-10-22-52)73-67(48-65)72(61-43-39-59(40-44-61)70-49-68(57-23-11-3-12-24-57)77-74(79-70)62-27-15-5-16-28-62)81-76(82-73)64-45-41-60(42-46-64)71-50-69(58-25-13-4-14-26-58)78-75(80-71)63-29-17-6-18-30-63/h1-50H. The fourth-order valence-electron chi connectivity index (χ4n) is 10.7. The Bertz CT molecular complexity index is 4410. The van der Waals surface area contributed by atoms with E-state index in [1.807, 2.05) is 72.8 Å². The molecule has 0 spiro atoms. The predicted octanol–water partition coefficient (Wildman–Crippen LogP) is 19.2. The van der Waals surface area contributed by atoms with E-state index >= 15 is 0 Å². The van der Waals surface area contributed by atoms with Crippen LogP contribution in [0.3, 0.4) is 0 Å². The number of rotatable bonds is 12. The van der Waals surface area contributed by atoms with Gasteiger partial charge in [0.05, 0.1) is 34.0 Å². The van der Waals surface area contributed by atoms with Gasteiger partial charge in [0.2, 0.25) is 0 Å². The van der Waals surface area contributed by atoms with Gasteiger partial charge in [0.1, 0.15) is 0 Å². The molecule has 0 atom stereocenters. The van der Waals surface area contributed by atoms with Crippen molar-refractivity contribution < 1.29 is 0 Å². The zero-order valence-electron chi connectivity index (χ0n) is 44.6. The molecule has 0 amide bonds. The smallest absolute Gasteiger partial charge is 0.160 e. The van der Waals surface area contributed by atoms with Crippen LogP contribution in [-0.2, 0) is 0 Å². The molecule has 0 bridgehead atoms. The highest BCUT2D eigenvalue weighted by atomic mass is 14.9. The van der Waals surface area contributed by atoms with E-state index < -0.39 is 0 Å². The first-order valence-corrected chi connectivity index (χ1v) is 27.5. The Kier molecular flexibility index (Phi) is 13.2. The maximum absolute atomic E-state index is 5.58. The van der Waals surface area contributed by atoms with Gasteiger partial charge in [-0.1, -0.05) is 279 Å². The molecule has 0 saturated carbocycles. The van der Waals surface area contributed by atoms with Crippen LogP contribution in [0, 0.1) is 0 Å². The third-order valence-corrected chi connectivity index (χ3v) is 15.0. The summed E-state index contributed by atoms with van der Waals surface area (Å²) in [5.41, 5.74) is 21.5. The number of nitrogens with zero attached hydrogens (tertiary/aromatic N) is 6. The summed E-state index contributed by atoms with van der Waals surface area (Å²) >= 11 is 0. The summed E-state index contributed by atoms with van der Waals surface area (Å²) < 4.78 is 0. The van der Waals surface area contributed by atoms with Gasteiger partial charge in [-0.2, -0.15) is 0 Å². The van der Waals surface area contributed by atoms with Crippen LogP contribution in [0.15, 0.2) is 303 Å². The van der Waals surface area contributed by atoms with Crippen molar-refractivity contribution in [2.75, 3.05) is 0 Å². The molecule has 82 heavy (non-hydrogen) atoms. The fraction of sp³-hybridized carbons (Fsp3) is 0. The number of fused-ring (bicyclic) bond motifs is 1. The molecule has 0 radical (unpaired) electrons. The van der Waals surface area contributed by atoms with Gasteiger partial charge in [-0.05, 0) is 63.2 Å². The molecule has 3 heterocycles. The van der Waals surface area contributed by atoms with Crippen molar-refractivity contribution in [2.45, 2.75) is 0 Å². The van der Waals surface area contributed by atoms with Gasteiger partial charge in [-0.3, -0.25) is 0 Å². The van der Waals surface area contributed by atoms with E-state index in [2.05, 4.69) is 231 Å². The normalized spacial score (nSPS) is 11.2. The van der Waals surface area contributed by atoms with Gasteiger partial charge in [0.25, 0.3) is 0 Å². The van der Waals surface area contributed by atoms with Crippen molar-refractivity contribution in [3.8, 4) is 135 Å². The second-order valence-electron chi connectivity index (χ2n) is 20.2. The molecule has 0 saturated heterocycles. The molecule has 384 valence electrons. The summed E-state index contributed by atoms with van der Waals surface area (Å²) in [4.78, 5) is 31.6. The number of benzene rings is 11. The molecule has 0 N–H and O–H groups in total. The molecule has 14 rings (SSSR count). The quantitative estimate of drug-likeness (QED) is 0.121. The maximum Gasteiger partial charge on any atom is 0.160 e. The Morgan fingerprint density at radius 1 is 0.171 bits per heavy atom. The fourth-order valence-corrected chi connectivity index (χ4v) is 10.7. The van der Waals surface area contributed by atoms with Crippen LogP contribution in [0.2, 0.25) is 0 Å². The molecule has 6 heteroatoms. The van der Waals surface area contributed by atoms with E-state index in [1.165, 1.54) is 5.56 Å². The van der Waals surface area contributed by atoms with E-state index in [4.69, 9.17) is 29.9 Å². The summed E-state index contributed by atoms with van der Waals surface area (Å²) in [6.45, 7) is 0. The lowest BCUT2D eigenvalue weighted by Crippen LogP contribution is -1.99. The summed E-state index contributed by atoms with van der Waals surface area (Å²) in [7, 11) is 0. The molecule has 14 aromatic rings. The largest absolute Gasteiger partial charge is 0.228 e. The van der Waals surface area contributed by atoms with Crippen molar-refractivity contribution in [1.82, 2.24) is 29.9 Å². The van der Waals surface area contributed by atoms with Crippen LogP contribution < -0.4 is 0 Å². The molecule has 0 aliphatic heterocycles. The van der Waals surface area contributed by atoms with E-state index in [-0.39, 0.29) is 0 Å². The average Bonchev–Trinajstić information content (AvgIpc) is 3.74. The molecular weight excluding hydrogens is 997 g/mol. The monoisotopic (exact) mass is 1050 g/mol. The molecule has 6 nitrogen and oxygen atoms in total. The molecule has 0 unspecified atom stereocenters.